The van der Waals surface area contributed by atoms with E-state index in [-0.39, 0.29) is 17.2 Å². The van der Waals surface area contributed by atoms with Crippen molar-refractivity contribution >= 4 is 5.91 Å². The molecule has 2 aromatic carbocycles. The van der Waals surface area contributed by atoms with E-state index >= 15 is 0 Å². The number of methoxy groups -OCH3 is 1. The molecule has 0 bridgehead atoms. The molecule has 2 aliphatic rings. The van der Waals surface area contributed by atoms with Crippen LogP contribution in [0, 0.1) is 5.41 Å². The molecule has 3 nitrogen and oxygen atoms in total. The third kappa shape index (κ3) is 3.86. The van der Waals surface area contributed by atoms with Crippen LogP contribution in [0.4, 0.5) is 0 Å². The molecule has 1 heterocycles. The van der Waals surface area contributed by atoms with Crippen molar-refractivity contribution in [3.8, 4) is 0 Å². The van der Waals surface area contributed by atoms with Crippen molar-refractivity contribution in [2.45, 2.75) is 50.5 Å². The van der Waals surface area contributed by atoms with Gasteiger partial charge in [-0.3, -0.25) is 4.79 Å². The van der Waals surface area contributed by atoms with Crippen LogP contribution in [-0.4, -0.2) is 37.1 Å². The minimum atomic E-state index is 0.106. The average Bonchev–Trinajstić information content (AvgIpc) is 3.14. The third-order valence-electron chi connectivity index (χ3n) is 6.85. The highest BCUT2D eigenvalue weighted by atomic mass is 16.5. The van der Waals surface area contributed by atoms with Gasteiger partial charge in [0.1, 0.15) is 0 Å². The highest BCUT2D eigenvalue weighted by Crippen LogP contribution is 2.46. The van der Waals surface area contributed by atoms with E-state index in [1.165, 1.54) is 30.4 Å². The first-order valence-corrected chi connectivity index (χ1v) is 10.6. The van der Waals surface area contributed by atoms with Crippen LogP contribution >= 0.6 is 0 Å². The Balaban J connectivity index is 1.53. The van der Waals surface area contributed by atoms with Crippen LogP contribution in [0.15, 0.2) is 60.7 Å². The van der Waals surface area contributed by atoms with Crippen LogP contribution in [0.3, 0.4) is 0 Å². The van der Waals surface area contributed by atoms with Crippen LogP contribution in [0.1, 0.15) is 55.6 Å². The number of rotatable bonds is 5. The maximum Gasteiger partial charge on any atom is 0.223 e. The molecule has 28 heavy (non-hydrogen) atoms. The van der Waals surface area contributed by atoms with Gasteiger partial charge in [0, 0.05) is 38.0 Å². The lowest BCUT2D eigenvalue weighted by atomic mass is 9.76. The van der Waals surface area contributed by atoms with Gasteiger partial charge in [-0.05, 0) is 36.8 Å². The predicted octanol–water partition coefficient (Wildman–Crippen LogP) is 5.02. The lowest BCUT2D eigenvalue weighted by Crippen LogP contribution is -2.50. The molecule has 4 rings (SSSR count). The fraction of sp³-hybridized carbons (Fsp3) is 0.480. The van der Waals surface area contributed by atoms with E-state index in [9.17, 15) is 4.79 Å². The standard InChI is InChI=1S/C25H31NO2/c1-28-23-14-8-15-25(23)16-9-17-26(19-25)24(27)18-22(20-10-4-2-5-11-20)21-12-6-3-7-13-21/h2-7,10-13,22-23H,8-9,14-19H2,1H3/t23-,25+/m1/s1. The molecule has 1 amide bonds. The summed E-state index contributed by atoms with van der Waals surface area (Å²) in [6.07, 6.45) is 6.66. The number of hydrogen-bond donors (Lipinski definition) is 0. The van der Waals surface area contributed by atoms with Crippen molar-refractivity contribution < 1.29 is 9.53 Å². The molecule has 1 saturated heterocycles. The number of ether oxygens (including phenoxy) is 1. The molecule has 1 saturated carbocycles. The molecular weight excluding hydrogens is 346 g/mol. The van der Waals surface area contributed by atoms with Gasteiger partial charge >= 0.3 is 0 Å². The zero-order chi connectivity index (χ0) is 19.4. The van der Waals surface area contributed by atoms with Gasteiger partial charge in [0.2, 0.25) is 5.91 Å². The quantitative estimate of drug-likeness (QED) is 0.732. The summed E-state index contributed by atoms with van der Waals surface area (Å²) in [5.41, 5.74) is 2.60. The maximum atomic E-state index is 13.4. The van der Waals surface area contributed by atoms with Crippen LogP contribution < -0.4 is 0 Å². The summed E-state index contributed by atoms with van der Waals surface area (Å²) in [7, 11) is 1.83. The molecule has 0 aromatic heterocycles. The SMILES string of the molecule is CO[C@@H]1CCC[C@@]12CCCN(C(=O)CC(c1ccccc1)c1ccccc1)C2. The summed E-state index contributed by atoms with van der Waals surface area (Å²) in [5.74, 6) is 0.383. The van der Waals surface area contributed by atoms with Crippen molar-refractivity contribution in [2.24, 2.45) is 5.41 Å². The van der Waals surface area contributed by atoms with Gasteiger partial charge in [-0.2, -0.15) is 0 Å². The van der Waals surface area contributed by atoms with Gasteiger partial charge in [-0.1, -0.05) is 67.1 Å². The Morgan fingerprint density at radius 1 is 1.04 bits per heavy atom. The number of hydrogen-bond acceptors (Lipinski definition) is 2. The highest BCUT2D eigenvalue weighted by Gasteiger charge is 2.46. The van der Waals surface area contributed by atoms with E-state index in [1.54, 1.807) is 0 Å². The Hall–Kier alpha value is -2.13. The second-order valence-electron chi connectivity index (χ2n) is 8.48. The molecule has 0 N–H and O–H groups in total. The van der Waals surface area contributed by atoms with Gasteiger partial charge in [-0.25, -0.2) is 0 Å². The number of piperidine rings is 1. The molecule has 0 unspecified atom stereocenters. The van der Waals surface area contributed by atoms with Gasteiger partial charge in [0.25, 0.3) is 0 Å². The fourth-order valence-electron chi connectivity index (χ4n) is 5.42. The van der Waals surface area contributed by atoms with Crippen LogP contribution in [0.5, 0.6) is 0 Å². The number of likely N-dealkylation sites (tertiary alicyclic amines) is 1. The zero-order valence-corrected chi connectivity index (χ0v) is 16.8. The number of nitrogens with zero attached hydrogens (tertiary/aromatic N) is 1. The molecule has 2 fully saturated rings. The molecular formula is C25H31NO2. The van der Waals surface area contributed by atoms with E-state index in [2.05, 4.69) is 53.4 Å². The average molecular weight is 378 g/mol. The number of carbonyl (C=O) groups excluding carboxylic acids is 1. The first-order valence-electron chi connectivity index (χ1n) is 10.6. The topological polar surface area (TPSA) is 29.5 Å². The molecule has 2 aromatic rings. The van der Waals surface area contributed by atoms with E-state index in [1.807, 2.05) is 19.2 Å². The Labute approximate surface area is 168 Å². The van der Waals surface area contributed by atoms with Crippen LogP contribution in [0.2, 0.25) is 0 Å². The molecule has 1 aliphatic carbocycles. The van der Waals surface area contributed by atoms with Crippen molar-refractivity contribution in [3.63, 3.8) is 0 Å². The van der Waals surface area contributed by atoms with Gasteiger partial charge in [0.05, 0.1) is 6.10 Å². The summed E-state index contributed by atoms with van der Waals surface area (Å²) in [5, 5.41) is 0. The minimum Gasteiger partial charge on any atom is -0.381 e. The van der Waals surface area contributed by atoms with Gasteiger partial charge in [0.15, 0.2) is 0 Å². The summed E-state index contributed by atoms with van der Waals surface area (Å²) in [6.45, 7) is 1.74. The van der Waals surface area contributed by atoms with E-state index < -0.39 is 0 Å². The smallest absolute Gasteiger partial charge is 0.223 e. The minimum absolute atomic E-state index is 0.106. The summed E-state index contributed by atoms with van der Waals surface area (Å²) >= 11 is 0. The largest absolute Gasteiger partial charge is 0.381 e. The Bertz CT molecular complexity index is 736. The second-order valence-corrected chi connectivity index (χ2v) is 8.48. The van der Waals surface area contributed by atoms with Gasteiger partial charge < -0.3 is 9.64 Å². The lowest BCUT2D eigenvalue weighted by molar-refractivity contribution is -0.137. The highest BCUT2D eigenvalue weighted by molar-refractivity contribution is 5.78. The van der Waals surface area contributed by atoms with E-state index in [0.717, 1.165) is 25.9 Å². The third-order valence-corrected chi connectivity index (χ3v) is 6.85. The first-order chi connectivity index (χ1) is 13.7. The normalized spacial score (nSPS) is 24.8. The van der Waals surface area contributed by atoms with E-state index in [4.69, 9.17) is 4.74 Å². The molecule has 1 spiro atoms. The molecule has 1 aliphatic heterocycles. The lowest BCUT2D eigenvalue weighted by Gasteiger charge is -2.44. The Morgan fingerprint density at radius 2 is 1.64 bits per heavy atom. The van der Waals surface area contributed by atoms with Crippen molar-refractivity contribution in [3.05, 3.63) is 71.8 Å². The van der Waals surface area contributed by atoms with Crippen molar-refractivity contribution in [2.75, 3.05) is 20.2 Å². The summed E-state index contributed by atoms with van der Waals surface area (Å²) in [6, 6.07) is 20.9. The van der Waals surface area contributed by atoms with Crippen LogP contribution in [-0.2, 0) is 9.53 Å². The number of benzene rings is 2. The molecule has 148 valence electrons. The predicted molar refractivity (Wildman–Crippen MR) is 112 cm³/mol. The van der Waals surface area contributed by atoms with Gasteiger partial charge in [-0.15, -0.1) is 0 Å². The second kappa shape index (κ2) is 8.48. The number of amides is 1. The van der Waals surface area contributed by atoms with E-state index in [0.29, 0.717) is 12.5 Å². The maximum absolute atomic E-state index is 13.4. The monoisotopic (exact) mass is 377 g/mol. The Morgan fingerprint density at radius 3 is 2.25 bits per heavy atom. The summed E-state index contributed by atoms with van der Waals surface area (Å²) in [4.78, 5) is 15.5. The van der Waals surface area contributed by atoms with Crippen molar-refractivity contribution in [1.29, 1.82) is 0 Å². The fourth-order valence-corrected chi connectivity index (χ4v) is 5.42. The number of carbonyl (C=O) groups is 1. The van der Waals surface area contributed by atoms with Crippen LogP contribution in [0.25, 0.3) is 0 Å². The molecule has 2 atom stereocenters. The van der Waals surface area contributed by atoms with Crippen molar-refractivity contribution in [1.82, 2.24) is 4.90 Å². The first kappa shape index (κ1) is 19.2. The zero-order valence-electron chi connectivity index (χ0n) is 16.8. The molecule has 3 heteroatoms. The summed E-state index contributed by atoms with van der Waals surface area (Å²) < 4.78 is 5.81. The molecule has 0 radical (unpaired) electrons. The Kier molecular flexibility index (Phi) is 5.82.